The molecule has 1 spiro atoms. The number of hydrogen-bond donors (Lipinski definition) is 1. The maximum Gasteiger partial charge on any atom is 0.417 e. The SMILES string of the molecule is CC1CN(C2CC[C@@]3(C2)C(=O)N2Cc4cc(C(F)(F)F)cnc4CC2C3C)CCC1C(=O)O. The average Bonchev–Trinajstić information content (AvgIpc) is 3.29. The van der Waals surface area contributed by atoms with Crippen molar-refractivity contribution in [3.05, 3.63) is 29.1 Å². The third-order valence-corrected chi connectivity index (χ3v) is 8.96. The molecule has 0 radical (unpaired) electrons. The molecule has 5 unspecified atom stereocenters. The van der Waals surface area contributed by atoms with E-state index in [9.17, 15) is 27.9 Å². The molecule has 6 atom stereocenters. The number of rotatable bonds is 2. The lowest BCUT2D eigenvalue weighted by atomic mass is 9.73. The third-order valence-electron chi connectivity index (χ3n) is 8.96. The van der Waals surface area contributed by atoms with E-state index in [1.54, 1.807) is 4.90 Å². The fraction of sp³-hybridized carbons (Fsp3) is 0.708. The fourth-order valence-corrected chi connectivity index (χ4v) is 6.99. The minimum absolute atomic E-state index is 0.0374. The Balaban J connectivity index is 1.33. The van der Waals surface area contributed by atoms with Crippen LogP contribution in [0.15, 0.2) is 12.3 Å². The molecule has 180 valence electrons. The van der Waals surface area contributed by atoms with Crippen LogP contribution in [0.5, 0.6) is 0 Å². The summed E-state index contributed by atoms with van der Waals surface area (Å²) >= 11 is 0. The highest BCUT2D eigenvalue weighted by Crippen LogP contribution is 2.55. The molecule has 5 rings (SSSR count). The number of carbonyl (C=O) groups excluding carboxylic acids is 1. The van der Waals surface area contributed by atoms with Crippen molar-refractivity contribution >= 4 is 11.9 Å². The first kappa shape index (κ1) is 22.6. The summed E-state index contributed by atoms with van der Waals surface area (Å²) < 4.78 is 39.5. The maximum absolute atomic E-state index is 13.7. The first-order valence-electron chi connectivity index (χ1n) is 11.8. The van der Waals surface area contributed by atoms with Crippen molar-refractivity contribution in [2.24, 2.45) is 23.2 Å². The van der Waals surface area contributed by atoms with Gasteiger partial charge in [-0.1, -0.05) is 13.8 Å². The van der Waals surface area contributed by atoms with E-state index in [0.29, 0.717) is 24.1 Å². The Morgan fingerprint density at radius 2 is 2.03 bits per heavy atom. The molecule has 3 aliphatic heterocycles. The highest BCUT2D eigenvalue weighted by molar-refractivity contribution is 5.87. The van der Waals surface area contributed by atoms with Crippen LogP contribution in [0.2, 0.25) is 0 Å². The summed E-state index contributed by atoms with van der Waals surface area (Å²) in [5, 5.41) is 9.42. The second-order valence-corrected chi connectivity index (χ2v) is 10.6. The van der Waals surface area contributed by atoms with Crippen molar-refractivity contribution in [1.82, 2.24) is 14.8 Å². The van der Waals surface area contributed by atoms with Gasteiger partial charge in [-0.25, -0.2) is 0 Å². The molecule has 4 aliphatic rings. The van der Waals surface area contributed by atoms with Gasteiger partial charge < -0.3 is 14.9 Å². The van der Waals surface area contributed by atoms with E-state index in [4.69, 9.17) is 0 Å². The van der Waals surface area contributed by atoms with Crippen LogP contribution in [-0.4, -0.2) is 56.9 Å². The number of carbonyl (C=O) groups is 2. The zero-order valence-corrected chi connectivity index (χ0v) is 18.9. The lowest BCUT2D eigenvalue weighted by Gasteiger charge is -2.39. The molecule has 1 aliphatic carbocycles. The topological polar surface area (TPSA) is 73.7 Å². The van der Waals surface area contributed by atoms with Crippen LogP contribution in [-0.2, 0) is 28.7 Å². The zero-order valence-electron chi connectivity index (χ0n) is 18.9. The molecule has 33 heavy (non-hydrogen) atoms. The summed E-state index contributed by atoms with van der Waals surface area (Å²) in [6.07, 6.45) is -0.0256. The number of halogens is 3. The monoisotopic (exact) mass is 465 g/mol. The molecule has 1 N–H and O–H groups in total. The van der Waals surface area contributed by atoms with Gasteiger partial charge in [0.2, 0.25) is 5.91 Å². The quantitative estimate of drug-likeness (QED) is 0.723. The number of aliphatic carboxylic acids is 1. The van der Waals surface area contributed by atoms with Gasteiger partial charge in [0.1, 0.15) is 0 Å². The molecule has 1 amide bonds. The standard InChI is InChI=1S/C24H30F3N3O3/c1-13-11-29(6-4-18(13)21(31)32)17-3-5-23(9-17)14(2)20-8-19-15(12-30(20)22(23)33)7-16(10-28-19)24(25,26)27/h7,10,13-14,17-18,20H,3-6,8-9,11-12H2,1-2H3,(H,31,32)/t13?,14?,17?,18?,20?,23-/m0/s1. The first-order valence-corrected chi connectivity index (χ1v) is 11.8. The number of amides is 1. The molecule has 6 nitrogen and oxygen atoms in total. The summed E-state index contributed by atoms with van der Waals surface area (Å²) in [5.74, 6) is -0.812. The predicted molar refractivity (Wildman–Crippen MR) is 113 cm³/mol. The number of alkyl halides is 3. The molecule has 2 saturated heterocycles. The average molecular weight is 466 g/mol. The summed E-state index contributed by atoms with van der Waals surface area (Å²) in [7, 11) is 0. The van der Waals surface area contributed by atoms with Crippen LogP contribution in [0, 0.1) is 23.2 Å². The molecule has 0 aromatic carbocycles. The number of hydrogen-bond acceptors (Lipinski definition) is 4. The van der Waals surface area contributed by atoms with E-state index < -0.39 is 23.1 Å². The van der Waals surface area contributed by atoms with Crippen LogP contribution >= 0.6 is 0 Å². The Morgan fingerprint density at radius 1 is 1.27 bits per heavy atom. The van der Waals surface area contributed by atoms with Crippen LogP contribution < -0.4 is 0 Å². The molecule has 1 aromatic heterocycles. The molecule has 1 aromatic rings. The Bertz CT molecular complexity index is 983. The van der Waals surface area contributed by atoms with Gasteiger partial charge in [-0.3, -0.25) is 14.6 Å². The van der Waals surface area contributed by atoms with Gasteiger partial charge in [0.05, 0.1) is 16.9 Å². The summed E-state index contributed by atoms with van der Waals surface area (Å²) in [4.78, 5) is 33.4. The van der Waals surface area contributed by atoms with E-state index in [1.165, 1.54) is 0 Å². The summed E-state index contributed by atoms with van der Waals surface area (Å²) in [6, 6.07) is 1.35. The molecule has 0 bridgehead atoms. The van der Waals surface area contributed by atoms with Crippen LogP contribution in [0.25, 0.3) is 0 Å². The number of nitrogens with zero attached hydrogens (tertiary/aromatic N) is 3. The number of likely N-dealkylation sites (tertiary alicyclic amines) is 1. The summed E-state index contributed by atoms with van der Waals surface area (Å²) in [5.41, 5.74) is -0.0938. The zero-order chi connectivity index (χ0) is 23.7. The highest BCUT2D eigenvalue weighted by atomic mass is 19.4. The molecular weight excluding hydrogens is 435 g/mol. The minimum Gasteiger partial charge on any atom is -0.481 e. The van der Waals surface area contributed by atoms with E-state index in [0.717, 1.165) is 44.6 Å². The van der Waals surface area contributed by atoms with E-state index >= 15 is 0 Å². The number of piperidine rings is 1. The summed E-state index contributed by atoms with van der Waals surface area (Å²) in [6.45, 7) is 5.74. The lowest BCUT2D eigenvalue weighted by Crippen LogP contribution is -2.47. The van der Waals surface area contributed by atoms with Crippen molar-refractivity contribution < 1.29 is 27.9 Å². The van der Waals surface area contributed by atoms with Gasteiger partial charge in [0.25, 0.3) is 0 Å². The van der Waals surface area contributed by atoms with E-state index in [-0.39, 0.29) is 42.3 Å². The van der Waals surface area contributed by atoms with Gasteiger partial charge in [-0.15, -0.1) is 0 Å². The minimum atomic E-state index is -4.45. The Morgan fingerprint density at radius 3 is 2.70 bits per heavy atom. The second kappa shape index (κ2) is 7.68. The van der Waals surface area contributed by atoms with Crippen molar-refractivity contribution in [2.75, 3.05) is 13.1 Å². The van der Waals surface area contributed by atoms with Crippen LogP contribution in [0.4, 0.5) is 13.2 Å². The molecule has 1 saturated carbocycles. The second-order valence-electron chi connectivity index (χ2n) is 10.6. The molecule has 3 fully saturated rings. The lowest BCUT2D eigenvalue weighted by molar-refractivity contribution is -0.145. The van der Waals surface area contributed by atoms with Gasteiger partial charge in [-0.2, -0.15) is 13.2 Å². The van der Waals surface area contributed by atoms with Gasteiger partial charge in [0, 0.05) is 43.5 Å². The van der Waals surface area contributed by atoms with Crippen molar-refractivity contribution in [3.63, 3.8) is 0 Å². The third kappa shape index (κ3) is 3.54. The highest BCUT2D eigenvalue weighted by Gasteiger charge is 2.61. The van der Waals surface area contributed by atoms with Gasteiger partial charge in [-0.05, 0) is 55.7 Å². The number of fused-ring (bicyclic) bond motifs is 2. The Kier molecular flexibility index (Phi) is 5.27. The largest absolute Gasteiger partial charge is 0.481 e. The van der Waals surface area contributed by atoms with E-state index in [1.807, 2.05) is 6.92 Å². The number of carboxylic acid groups (broad SMARTS) is 1. The number of pyridine rings is 1. The normalized spacial score (nSPS) is 36.8. The molecule has 4 heterocycles. The maximum atomic E-state index is 13.7. The van der Waals surface area contributed by atoms with Crippen LogP contribution in [0.3, 0.4) is 0 Å². The van der Waals surface area contributed by atoms with Crippen molar-refractivity contribution in [2.45, 2.75) is 70.8 Å². The van der Waals surface area contributed by atoms with Gasteiger partial charge >= 0.3 is 12.1 Å². The Hall–Kier alpha value is -2.16. The van der Waals surface area contributed by atoms with Crippen molar-refractivity contribution in [3.8, 4) is 0 Å². The van der Waals surface area contributed by atoms with Gasteiger partial charge in [0.15, 0.2) is 0 Å². The molecular formula is C24H30F3N3O3. The Labute approximate surface area is 191 Å². The predicted octanol–water partition coefficient (Wildman–Crippen LogP) is 3.58. The number of carboxylic acids is 1. The number of aromatic nitrogens is 1. The molecule has 9 heteroatoms. The smallest absolute Gasteiger partial charge is 0.417 e. The van der Waals surface area contributed by atoms with Crippen molar-refractivity contribution in [1.29, 1.82) is 0 Å². The van der Waals surface area contributed by atoms with Crippen LogP contribution in [0.1, 0.15) is 56.4 Å². The van der Waals surface area contributed by atoms with E-state index in [2.05, 4.69) is 16.8 Å². The fourth-order valence-electron chi connectivity index (χ4n) is 6.99. The first-order chi connectivity index (χ1) is 15.5.